The smallest absolute Gasteiger partial charge is 0.323 e. The average molecular weight is 142 g/mol. The summed E-state index contributed by atoms with van der Waals surface area (Å²) < 4.78 is 0. The number of hydrogen-bond acceptors (Lipinski definition) is 2. The first-order valence-corrected chi connectivity index (χ1v) is 2.75. The summed E-state index contributed by atoms with van der Waals surface area (Å²) >= 11 is 0. The summed E-state index contributed by atoms with van der Waals surface area (Å²) in [6.45, 7) is 3.23. The van der Waals surface area contributed by atoms with Gasteiger partial charge in [-0.2, -0.15) is 0 Å². The van der Waals surface area contributed by atoms with Crippen molar-refractivity contribution in [3.05, 3.63) is 12.7 Å². The highest BCUT2D eigenvalue weighted by molar-refractivity contribution is 5.99. The van der Waals surface area contributed by atoms with Crippen molar-refractivity contribution >= 4 is 11.9 Å². The second kappa shape index (κ2) is 3.66. The Morgan fingerprint density at radius 1 is 1.60 bits per heavy atom. The maximum atomic E-state index is 10.7. The zero-order chi connectivity index (χ0) is 8.15. The van der Waals surface area contributed by atoms with Crippen LogP contribution in [0, 0.1) is 0 Å². The van der Waals surface area contributed by atoms with E-state index in [4.69, 9.17) is 0 Å². The highest BCUT2D eigenvalue weighted by Gasteiger charge is 2.10. The van der Waals surface area contributed by atoms with Gasteiger partial charge in [0, 0.05) is 14.1 Å². The molecule has 0 spiro atoms. The number of rotatable bonds is 1. The fourth-order valence-corrected chi connectivity index (χ4v) is 0.405. The highest BCUT2D eigenvalue weighted by Crippen LogP contribution is 1.84. The second-order valence-electron chi connectivity index (χ2n) is 1.66. The van der Waals surface area contributed by atoms with E-state index in [-0.39, 0.29) is 0 Å². The molecule has 0 saturated carbocycles. The van der Waals surface area contributed by atoms with Gasteiger partial charge in [0.1, 0.15) is 0 Å². The van der Waals surface area contributed by atoms with E-state index >= 15 is 0 Å². The summed E-state index contributed by atoms with van der Waals surface area (Å²) in [7, 11) is 2.83. The summed E-state index contributed by atoms with van der Waals surface area (Å²) in [5.74, 6) is -0.417. The largest absolute Gasteiger partial charge is 0.341 e. The lowest BCUT2D eigenvalue weighted by Gasteiger charge is -2.10. The number of likely N-dealkylation sites (N-methyl/N-ethyl adjacent to an activating group) is 1. The van der Waals surface area contributed by atoms with E-state index in [2.05, 4.69) is 11.9 Å². The second-order valence-corrected chi connectivity index (χ2v) is 1.66. The lowest BCUT2D eigenvalue weighted by molar-refractivity contribution is -0.122. The molecule has 56 valence electrons. The predicted octanol–water partition coefficient (Wildman–Crippen LogP) is -0.0298. The molecule has 4 nitrogen and oxygen atoms in total. The Balaban J connectivity index is 4.06. The van der Waals surface area contributed by atoms with Gasteiger partial charge in [0.05, 0.1) is 0 Å². The number of carbonyl (C=O) groups excluding carboxylic acids is 2. The van der Waals surface area contributed by atoms with Crippen LogP contribution in [0.4, 0.5) is 4.79 Å². The number of hydrogen-bond donors (Lipinski definition) is 1. The Morgan fingerprint density at radius 2 is 2.10 bits per heavy atom. The van der Waals surface area contributed by atoms with Crippen molar-refractivity contribution in [3.63, 3.8) is 0 Å². The first-order chi connectivity index (χ1) is 4.63. The van der Waals surface area contributed by atoms with E-state index < -0.39 is 11.9 Å². The Kier molecular flexibility index (Phi) is 3.17. The molecule has 0 rings (SSSR count). The molecule has 0 bridgehead atoms. The zero-order valence-corrected chi connectivity index (χ0v) is 6.05. The normalized spacial score (nSPS) is 8.20. The number of imide groups is 1. The van der Waals surface area contributed by atoms with Crippen molar-refractivity contribution in [3.8, 4) is 0 Å². The molecule has 0 fully saturated rings. The zero-order valence-electron chi connectivity index (χ0n) is 6.05. The van der Waals surface area contributed by atoms with Crippen LogP contribution in [0.3, 0.4) is 0 Å². The first kappa shape index (κ1) is 8.68. The molecule has 0 heterocycles. The van der Waals surface area contributed by atoms with E-state index in [1.807, 2.05) is 0 Å². The minimum Gasteiger partial charge on any atom is -0.341 e. The van der Waals surface area contributed by atoms with Crippen molar-refractivity contribution < 1.29 is 9.59 Å². The van der Waals surface area contributed by atoms with Gasteiger partial charge in [0.15, 0.2) is 0 Å². The van der Waals surface area contributed by atoms with Crippen molar-refractivity contribution in [1.82, 2.24) is 10.2 Å². The lowest BCUT2D eigenvalue weighted by Crippen LogP contribution is -2.38. The number of nitrogens with one attached hydrogen (secondary N) is 1. The van der Waals surface area contributed by atoms with Gasteiger partial charge in [-0.05, 0) is 6.08 Å². The highest BCUT2D eigenvalue weighted by atomic mass is 16.2. The predicted molar refractivity (Wildman–Crippen MR) is 37.4 cm³/mol. The van der Waals surface area contributed by atoms with Crippen molar-refractivity contribution in [1.29, 1.82) is 0 Å². The summed E-state index contributed by atoms with van der Waals surface area (Å²) in [5.41, 5.74) is 0. The number of amides is 3. The molecule has 0 aliphatic rings. The van der Waals surface area contributed by atoms with E-state index in [1.165, 1.54) is 14.1 Å². The molecule has 3 amide bonds. The Hall–Kier alpha value is -1.32. The Bertz CT molecular complexity index is 165. The van der Waals surface area contributed by atoms with Crippen LogP contribution in [0.1, 0.15) is 0 Å². The topological polar surface area (TPSA) is 49.4 Å². The minimum absolute atomic E-state index is 0.417. The van der Waals surface area contributed by atoms with Crippen molar-refractivity contribution in [2.24, 2.45) is 0 Å². The molecule has 0 aromatic rings. The van der Waals surface area contributed by atoms with Crippen LogP contribution in [0.25, 0.3) is 0 Å². The van der Waals surface area contributed by atoms with Gasteiger partial charge in [-0.1, -0.05) is 6.58 Å². The third-order valence-corrected chi connectivity index (χ3v) is 1.02. The molecule has 0 aliphatic heterocycles. The standard InChI is InChI=1S/C6H10N2O2/c1-4-5(9)8(3)6(10)7-2/h4H,1H2,2-3H3,(H,7,10). The first-order valence-electron chi connectivity index (χ1n) is 2.75. The molecule has 0 aliphatic carbocycles. The fourth-order valence-electron chi connectivity index (χ4n) is 0.405. The van der Waals surface area contributed by atoms with Crippen LogP contribution >= 0.6 is 0 Å². The lowest BCUT2D eigenvalue weighted by atomic mass is 10.5. The van der Waals surface area contributed by atoms with Crippen LogP contribution in [0.5, 0.6) is 0 Å². The average Bonchev–Trinajstić information content (AvgIpc) is 2.00. The monoisotopic (exact) mass is 142 g/mol. The molecule has 0 radical (unpaired) electrons. The molecule has 0 atom stereocenters. The van der Waals surface area contributed by atoms with Gasteiger partial charge in [-0.15, -0.1) is 0 Å². The van der Waals surface area contributed by atoms with Gasteiger partial charge < -0.3 is 5.32 Å². The Morgan fingerprint density at radius 3 is 2.40 bits per heavy atom. The summed E-state index contributed by atoms with van der Waals surface area (Å²) in [6, 6.07) is -0.440. The van der Waals surface area contributed by atoms with Crippen molar-refractivity contribution in [2.45, 2.75) is 0 Å². The molecule has 10 heavy (non-hydrogen) atoms. The fraction of sp³-hybridized carbons (Fsp3) is 0.333. The van der Waals surface area contributed by atoms with Crippen LogP contribution < -0.4 is 5.32 Å². The van der Waals surface area contributed by atoms with E-state index in [0.29, 0.717) is 0 Å². The van der Waals surface area contributed by atoms with E-state index in [0.717, 1.165) is 11.0 Å². The summed E-state index contributed by atoms with van der Waals surface area (Å²) in [5, 5.41) is 2.30. The molecular formula is C6H10N2O2. The van der Waals surface area contributed by atoms with E-state index in [1.54, 1.807) is 0 Å². The minimum atomic E-state index is -0.440. The quantitative estimate of drug-likeness (QED) is 0.523. The molecule has 0 aromatic heterocycles. The van der Waals surface area contributed by atoms with Crippen LogP contribution in [0.2, 0.25) is 0 Å². The van der Waals surface area contributed by atoms with Crippen LogP contribution in [-0.2, 0) is 4.79 Å². The summed E-state index contributed by atoms with van der Waals surface area (Å²) in [4.78, 5) is 22.3. The number of carbonyl (C=O) groups is 2. The van der Waals surface area contributed by atoms with Gasteiger partial charge in [-0.25, -0.2) is 4.79 Å². The van der Waals surface area contributed by atoms with Crippen LogP contribution in [0.15, 0.2) is 12.7 Å². The number of urea groups is 1. The van der Waals surface area contributed by atoms with E-state index in [9.17, 15) is 9.59 Å². The van der Waals surface area contributed by atoms with Gasteiger partial charge >= 0.3 is 6.03 Å². The third kappa shape index (κ3) is 1.89. The van der Waals surface area contributed by atoms with Gasteiger partial charge in [0.25, 0.3) is 5.91 Å². The summed E-state index contributed by atoms with van der Waals surface area (Å²) in [6.07, 6.45) is 1.08. The number of nitrogens with zero attached hydrogens (tertiary/aromatic N) is 1. The van der Waals surface area contributed by atoms with Gasteiger partial charge in [-0.3, -0.25) is 9.69 Å². The maximum Gasteiger partial charge on any atom is 0.323 e. The molecule has 1 N–H and O–H groups in total. The van der Waals surface area contributed by atoms with Crippen molar-refractivity contribution in [2.75, 3.05) is 14.1 Å². The van der Waals surface area contributed by atoms with Gasteiger partial charge in [0.2, 0.25) is 0 Å². The molecule has 0 unspecified atom stereocenters. The molecule has 0 aromatic carbocycles. The van der Waals surface area contributed by atoms with Crippen LogP contribution in [-0.4, -0.2) is 30.9 Å². The third-order valence-electron chi connectivity index (χ3n) is 1.02. The maximum absolute atomic E-state index is 10.7. The molecule has 0 saturated heterocycles. The molecular weight excluding hydrogens is 132 g/mol. The Labute approximate surface area is 59.5 Å². The SMILES string of the molecule is C=CC(=O)N(C)C(=O)NC. The molecule has 4 heteroatoms.